The Balaban J connectivity index is 1.70. The number of rotatable bonds is 8. The molecule has 2 N–H and O–H groups in total. The van der Waals surface area contributed by atoms with Crippen LogP contribution in [0.3, 0.4) is 0 Å². The van der Waals surface area contributed by atoms with Crippen molar-refractivity contribution in [3.05, 3.63) is 93.6 Å². The van der Waals surface area contributed by atoms with Gasteiger partial charge < -0.3 is 5.11 Å². The Morgan fingerprint density at radius 1 is 1.23 bits per heavy atom. The summed E-state index contributed by atoms with van der Waals surface area (Å²) in [5, 5.41) is 16.2. The van der Waals surface area contributed by atoms with Gasteiger partial charge in [-0.1, -0.05) is 24.5 Å². The van der Waals surface area contributed by atoms with E-state index >= 15 is 0 Å². The first-order valence-electron chi connectivity index (χ1n) is 12.1. The second-order valence-corrected chi connectivity index (χ2v) is 11.0. The summed E-state index contributed by atoms with van der Waals surface area (Å²) in [5.74, 6) is 3.95. The molecule has 0 bridgehead atoms. The Morgan fingerprint density at radius 3 is 2.67 bits per heavy atom. The second-order valence-electron chi connectivity index (χ2n) is 9.44. The first-order valence-corrected chi connectivity index (χ1v) is 13.9. The molecule has 0 spiro atoms. The number of aromatic carboxylic acids is 1. The highest BCUT2D eigenvalue weighted by molar-refractivity contribution is 7.72. The van der Waals surface area contributed by atoms with Crippen molar-refractivity contribution in [3.63, 3.8) is 0 Å². The van der Waals surface area contributed by atoms with Gasteiger partial charge in [0.25, 0.3) is 0 Å². The fourth-order valence-electron chi connectivity index (χ4n) is 4.21. The number of hydrogen-bond acceptors (Lipinski definition) is 5. The van der Waals surface area contributed by atoms with E-state index in [1.54, 1.807) is 35.9 Å². The molecule has 0 aliphatic heterocycles. The molecule has 0 amide bonds. The molecule has 0 atom stereocenters. The number of thiol groups is 1. The minimum atomic E-state index is -1.13. The minimum absolute atomic E-state index is 0.0778. The molecule has 0 saturated heterocycles. The minimum Gasteiger partial charge on any atom is -0.476 e. The fraction of sp³-hybridized carbons (Fsp3) is 0.207. The largest absolute Gasteiger partial charge is 0.476 e. The lowest BCUT2D eigenvalue weighted by atomic mass is 9.96. The molecule has 10 heteroatoms. The number of carboxylic acids is 1. The number of carbonyl (C=O) groups is 1. The Kier molecular flexibility index (Phi) is 7.66. The standard InChI is InChI=1S/C29H23F2N3O3S2/c1-16(2)3-7-19-14-20(8-9-22(19)30)27-21(11-18-6-10-26(39-37)23(31)12-18)25(13-17-4-5-17)34(33-27)29-32-24(15-38-29)28(35)36/h6,8-10,12,14-15,17,37H,1,4-5,11,13H2,2H3,(H,35,36)/p+1. The molecule has 1 saturated carbocycles. The molecule has 198 valence electrons. The van der Waals surface area contributed by atoms with Gasteiger partial charge in [-0.25, -0.2) is 23.2 Å². The maximum Gasteiger partial charge on any atom is 0.355 e. The highest BCUT2D eigenvalue weighted by Gasteiger charge is 2.29. The summed E-state index contributed by atoms with van der Waals surface area (Å²) in [4.78, 5) is 16.0. The molecule has 2 aromatic carbocycles. The van der Waals surface area contributed by atoms with E-state index in [1.165, 1.54) is 28.8 Å². The first kappa shape index (κ1) is 26.8. The van der Waals surface area contributed by atoms with Crippen LogP contribution in [0.25, 0.3) is 16.4 Å². The molecule has 2 heterocycles. The van der Waals surface area contributed by atoms with E-state index in [9.17, 15) is 23.2 Å². The van der Waals surface area contributed by atoms with E-state index in [1.807, 2.05) is 0 Å². The van der Waals surface area contributed by atoms with Gasteiger partial charge >= 0.3 is 5.97 Å². The molecular formula is C29H24F2N3O3S2+. The lowest BCUT2D eigenvalue weighted by Gasteiger charge is -2.09. The normalized spacial score (nSPS) is 12.7. The van der Waals surface area contributed by atoms with Crippen LogP contribution in [0.5, 0.6) is 0 Å². The van der Waals surface area contributed by atoms with Crippen LogP contribution in [0.4, 0.5) is 8.78 Å². The lowest BCUT2D eigenvalue weighted by Crippen LogP contribution is -2.06. The number of halogens is 2. The molecule has 39 heavy (non-hydrogen) atoms. The summed E-state index contributed by atoms with van der Waals surface area (Å²) in [6, 6.07) is 9.27. The number of allylic oxidation sites excluding steroid dienone is 1. The average Bonchev–Trinajstić information content (AvgIpc) is 3.46. The van der Waals surface area contributed by atoms with Crippen LogP contribution >= 0.6 is 11.3 Å². The smallest absolute Gasteiger partial charge is 0.355 e. The van der Waals surface area contributed by atoms with Gasteiger partial charge in [0.15, 0.2) is 23.6 Å². The van der Waals surface area contributed by atoms with E-state index in [0.29, 0.717) is 46.3 Å². The number of hydrogen-bond donors (Lipinski definition) is 2. The Morgan fingerprint density at radius 2 is 2.03 bits per heavy atom. The summed E-state index contributed by atoms with van der Waals surface area (Å²) < 4.78 is 40.2. The molecule has 6 nitrogen and oxygen atoms in total. The van der Waals surface area contributed by atoms with Crippen LogP contribution in [-0.4, -0.2) is 30.4 Å². The Labute approximate surface area is 232 Å². The van der Waals surface area contributed by atoms with E-state index in [2.05, 4.69) is 23.4 Å². The van der Waals surface area contributed by atoms with Gasteiger partial charge in [-0.15, -0.1) is 11.3 Å². The molecule has 0 radical (unpaired) electrons. The SMILES string of the molecule is C=C(C)C#Cc1cc(-c2nn(-c3nc(C(=O)O)cs3)c(CC3CC3)c2Cc2ccc([SH+]O)c(F)c2)ccc1F. The van der Waals surface area contributed by atoms with Crippen molar-refractivity contribution in [1.29, 1.82) is 0 Å². The van der Waals surface area contributed by atoms with Gasteiger partial charge in [-0.05, 0) is 73.6 Å². The van der Waals surface area contributed by atoms with Gasteiger partial charge in [0.05, 0.1) is 17.0 Å². The predicted molar refractivity (Wildman–Crippen MR) is 149 cm³/mol. The molecule has 4 aromatic rings. The van der Waals surface area contributed by atoms with E-state index in [-0.39, 0.29) is 28.2 Å². The number of nitrogens with zero attached hydrogens (tertiary/aromatic N) is 3. The van der Waals surface area contributed by atoms with Crippen molar-refractivity contribution in [2.75, 3.05) is 0 Å². The Hall–Kier alpha value is -3.78. The number of benzene rings is 2. The zero-order chi connectivity index (χ0) is 27.7. The number of carboxylic acid groups (broad SMARTS) is 1. The fourth-order valence-corrected chi connectivity index (χ4v) is 5.29. The summed E-state index contributed by atoms with van der Waals surface area (Å²) in [6.45, 7) is 5.49. The summed E-state index contributed by atoms with van der Waals surface area (Å²) >= 11 is 1.02. The van der Waals surface area contributed by atoms with Gasteiger partial charge in [0.2, 0.25) is 10.0 Å². The summed E-state index contributed by atoms with van der Waals surface area (Å²) in [7, 11) is 0. The molecule has 2 aromatic heterocycles. The molecule has 1 fully saturated rings. The zero-order valence-electron chi connectivity index (χ0n) is 20.9. The topological polar surface area (TPSA) is 88.2 Å². The molecule has 0 unspecified atom stereocenters. The van der Waals surface area contributed by atoms with Crippen molar-refractivity contribution >= 4 is 29.3 Å². The van der Waals surface area contributed by atoms with Crippen molar-refractivity contribution in [3.8, 4) is 28.2 Å². The van der Waals surface area contributed by atoms with E-state index in [0.717, 1.165) is 24.1 Å². The third-order valence-electron chi connectivity index (χ3n) is 6.31. The zero-order valence-corrected chi connectivity index (χ0v) is 22.6. The molecule has 1 aliphatic rings. The van der Waals surface area contributed by atoms with Gasteiger partial charge in [0.1, 0.15) is 5.82 Å². The van der Waals surface area contributed by atoms with Crippen LogP contribution in [0.2, 0.25) is 0 Å². The third-order valence-corrected chi connectivity index (χ3v) is 7.71. The Bertz CT molecular complexity index is 1660. The predicted octanol–water partition coefficient (Wildman–Crippen LogP) is 6.09. The lowest BCUT2D eigenvalue weighted by molar-refractivity contribution is 0.0691. The van der Waals surface area contributed by atoms with Crippen LogP contribution in [0.1, 0.15) is 52.6 Å². The highest BCUT2D eigenvalue weighted by Crippen LogP contribution is 2.38. The molecular weight excluding hydrogens is 540 g/mol. The second kappa shape index (κ2) is 11.1. The van der Waals surface area contributed by atoms with Crippen LogP contribution < -0.4 is 0 Å². The van der Waals surface area contributed by atoms with Crippen LogP contribution in [-0.2, 0) is 24.9 Å². The quantitative estimate of drug-likeness (QED) is 0.154. The van der Waals surface area contributed by atoms with Gasteiger partial charge in [-0.2, -0.15) is 9.65 Å². The molecule has 5 rings (SSSR count). The van der Waals surface area contributed by atoms with Gasteiger partial charge in [-0.3, -0.25) is 0 Å². The van der Waals surface area contributed by atoms with Crippen LogP contribution in [0.15, 0.2) is 58.8 Å². The third kappa shape index (κ3) is 5.96. The molecule has 1 aliphatic carbocycles. The monoisotopic (exact) mass is 564 g/mol. The van der Waals surface area contributed by atoms with Crippen molar-refractivity contribution in [2.45, 2.75) is 37.5 Å². The first-order chi connectivity index (χ1) is 18.7. The van der Waals surface area contributed by atoms with Gasteiger partial charge in [0, 0.05) is 22.9 Å². The maximum absolute atomic E-state index is 14.6. The van der Waals surface area contributed by atoms with Crippen LogP contribution in [0, 0.1) is 29.4 Å². The number of thiazole rings is 1. The van der Waals surface area contributed by atoms with Crippen molar-refractivity contribution in [2.24, 2.45) is 5.92 Å². The number of aromatic nitrogens is 3. The summed E-state index contributed by atoms with van der Waals surface area (Å²) in [5.41, 5.74) is 4.23. The van der Waals surface area contributed by atoms with E-state index < -0.39 is 17.6 Å². The van der Waals surface area contributed by atoms with Crippen molar-refractivity contribution in [1.82, 2.24) is 14.8 Å². The maximum atomic E-state index is 14.6. The van der Waals surface area contributed by atoms with E-state index in [4.69, 9.17) is 5.10 Å². The summed E-state index contributed by atoms with van der Waals surface area (Å²) in [6.07, 6.45) is 3.13. The average molecular weight is 565 g/mol. The van der Waals surface area contributed by atoms with Crippen molar-refractivity contribution < 1.29 is 23.2 Å². The highest BCUT2D eigenvalue weighted by atomic mass is 32.2.